The molecule has 1 aliphatic rings. The quantitative estimate of drug-likeness (QED) is 0.563. The largest absolute Gasteiger partial charge is 0.352 e. The molecule has 0 aliphatic carbocycles. The van der Waals surface area contributed by atoms with Crippen molar-refractivity contribution >= 4 is 28.3 Å². The molecule has 3 aromatic carbocycles. The Morgan fingerprint density at radius 3 is 2.52 bits per heavy atom. The number of carbonyl (C=O) groups is 2. The van der Waals surface area contributed by atoms with Crippen LogP contribution in [0.25, 0.3) is 0 Å². The molecule has 0 saturated carbocycles. The van der Waals surface area contributed by atoms with Crippen molar-refractivity contribution in [3.63, 3.8) is 0 Å². The summed E-state index contributed by atoms with van der Waals surface area (Å²) in [5.41, 5.74) is 1.32. The van der Waals surface area contributed by atoms with Crippen molar-refractivity contribution in [2.24, 2.45) is 5.92 Å². The van der Waals surface area contributed by atoms with E-state index in [9.17, 15) is 18.2 Å². The lowest BCUT2D eigenvalue weighted by Crippen LogP contribution is -2.31. The zero-order valence-electron chi connectivity index (χ0n) is 18.5. The summed E-state index contributed by atoms with van der Waals surface area (Å²) in [6, 6.07) is 17.7. The molecule has 3 aromatic rings. The summed E-state index contributed by atoms with van der Waals surface area (Å²) < 4.78 is 27.9. The third-order valence-electron chi connectivity index (χ3n) is 5.57. The number of halogens is 1. The number of carbonyl (C=O) groups excluding carboxylic acids is 2. The highest BCUT2D eigenvalue weighted by molar-refractivity contribution is 7.85. The second kappa shape index (κ2) is 9.67. The van der Waals surface area contributed by atoms with Crippen molar-refractivity contribution in [3.8, 4) is 0 Å². The van der Waals surface area contributed by atoms with Gasteiger partial charge >= 0.3 is 0 Å². The van der Waals surface area contributed by atoms with Crippen LogP contribution in [0.3, 0.4) is 0 Å². The molecule has 0 aromatic heterocycles. The number of hydrogen-bond donors (Lipinski definition) is 1. The van der Waals surface area contributed by atoms with Gasteiger partial charge < -0.3 is 10.2 Å². The second-order valence-corrected chi connectivity index (χ2v) is 9.79. The average molecular weight is 465 g/mol. The highest BCUT2D eigenvalue weighted by atomic mass is 32.2. The van der Waals surface area contributed by atoms with E-state index in [1.54, 1.807) is 60.7 Å². The Balaban J connectivity index is 1.79. The first-order valence-electron chi connectivity index (χ1n) is 10.8. The number of rotatable bonds is 6. The van der Waals surface area contributed by atoms with Gasteiger partial charge in [0.2, 0.25) is 0 Å². The van der Waals surface area contributed by atoms with E-state index in [0.717, 1.165) is 6.42 Å². The first-order chi connectivity index (χ1) is 15.9. The van der Waals surface area contributed by atoms with Crippen LogP contribution in [0.15, 0.2) is 76.5 Å². The molecule has 0 bridgehead atoms. The van der Waals surface area contributed by atoms with Gasteiger partial charge in [-0.05, 0) is 48.7 Å². The summed E-state index contributed by atoms with van der Waals surface area (Å²) in [4.78, 5) is 28.5. The molecule has 0 spiro atoms. The molecule has 170 valence electrons. The van der Waals surface area contributed by atoms with E-state index in [-0.39, 0.29) is 12.5 Å². The van der Waals surface area contributed by atoms with Crippen molar-refractivity contribution in [1.82, 2.24) is 5.32 Å². The summed E-state index contributed by atoms with van der Waals surface area (Å²) in [6.45, 7) is 4.63. The molecule has 1 N–H and O–H groups in total. The van der Waals surface area contributed by atoms with E-state index < -0.39 is 22.5 Å². The van der Waals surface area contributed by atoms with Crippen LogP contribution in [0.4, 0.5) is 10.1 Å². The van der Waals surface area contributed by atoms with Crippen molar-refractivity contribution in [1.29, 1.82) is 0 Å². The Morgan fingerprint density at radius 2 is 1.76 bits per heavy atom. The normalized spacial score (nSPS) is 15.1. The van der Waals surface area contributed by atoms with Gasteiger partial charge in [-0.25, -0.2) is 8.60 Å². The van der Waals surface area contributed by atoms with E-state index in [4.69, 9.17) is 0 Å². The van der Waals surface area contributed by atoms with Crippen LogP contribution in [0.5, 0.6) is 0 Å². The minimum atomic E-state index is -1.63. The summed E-state index contributed by atoms with van der Waals surface area (Å²) in [5, 5.41) is 2.89. The van der Waals surface area contributed by atoms with Crippen LogP contribution >= 0.6 is 0 Å². The number of nitrogens with zero attached hydrogens (tertiary/aromatic N) is 1. The first kappa shape index (κ1) is 22.9. The zero-order chi connectivity index (χ0) is 23.5. The maximum atomic E-state index is 14.5. The SMILES string of the molecule is CC(C)CCNC(=O)c1ccc2c(c1)N(Cc1ccccc1F)C(=O)c1ccccc1[S@@]2=O. The van der Waals surface area contributed by atoms with E-state index in [1.165, 1.54) is 11.0 Å². The summed E-state index contributed by atoms with van der Waals surface area (Å²) >= 11 is 0. The topological polar surface area (TPSA) is 66.5 Å². The lowest BCUT2D eigenvalue weighted by Gasteiger charge is -2.24. The molecule has 0 saturated heterocycles. The van der Waals surface area contributed by atoms with Gasteiger partial charge in [0.25, 0.3) is 11.8 Å². The molecule has 7 heteroatoms. The lowest BCUT2D eigenvalue weighted by molar-refractivity contribution is 0.0948. The molecule has 0 fully saturated rings. The molecule has 0 radical (unpaired) electrons. The van der Waals surface area contributed by atoms with Gasteiger partial charge in [0.05, 0.1) is 38.4 Å². The van der Waals surface area contributed by atoms with E-state index in [1.807, 2.05) is 0 Å². The van der Waals surface area contributed by atoms with Crippen molar-refractivity contribution in [3.05, 3.63) is 89.2 Å². The number of fused-ring (bicyclic) bond motifs is 2. The third kappa shape index (κ3) is 4.73. The van der Waals surface area contributed by atoms with Crippen molar-refractivity contribution < 1.29 is 18.2 Å². The van der Waals surface area contributed by atoms with Crippen LogP contribution in [-0.2, 0) is 17.3 Å². The fraction of sp³-hybridized carbons (Fsp3) is 0.231. The Bertz CT molecular complexity index is 1240. The maximum Gasteiger partial charge on any atom is 0.259 e. The molecule has 1 aliphatic heterocycles. The predicted octanol–water partition coefficient (Wildman–Crippen LogP) is 4.93. The molecule has 33 heavy (non-hydrogen) atoms. The van der Waals surface area contributed by atoms with Gasteiger partial charge in [0.1, 0.15) is 5.82 Å². The zero-order valence-corrected chi connectivity index (χ0v) is 19.3. The lowest BCUT2D eigenvalue weighted by atomic mass is 10.1. The fourth-order valence-electron chi connectivity index (χ4n) is 3.73. The molecule has 5 nitrogen and oxygen atoms in total. The molecule has 1 atom stereocenters. The van der Waals surface area contributed by atoms with Crippen molar-refractivity contribution in [2.45, 2.75) is 36.6 Å². The molecule has 0 unspecified atom stereocenters. The van der Waals surface area contributed by atoms with Crippen LogP contribution in [-0.4, -0.2) is 22.6 Å². The Morgan fingerprint density at radius 1 is 1.03 bits per heavy atom. The monoisotopic (exact) mass is 464 g/mol. The summed E-state index contributed by atoms with van der Waals surface area (Å²) in [6.07, 6.45) is 0.841. The third-order valence-corrected chi connectivity index (χ3v) is 7.07. The average Bonchev–Trinajstić information content (AvgIpc) is 2.89. The van der Waals surface area contributed by atoms with Gasteiger partial charge in [-0.3, -0.25) is 9.59 Å². The summed E-state index contributed by atoms with van der Waals surface area (Å²) in [7, 11) is -1.63. The highest BCUT2D eigenvalue weighted by Crippen LogP contribution is 2.36. The Hall–Kier alpha value is -3.32. The smallest absolute Gasteiger partial charge is 0.259 e. The van der Waals surface area contributed by atoms with Gasteiger partial charge in [0.15, 0.2) is 0 Å². The van der Waals surface area contributed by atoms with E-state index in [0.29, 0.717) is 44.6 Å². The minimum absolute atomic E-state index is 0.0531. The van der Waals surface area contributed by atoms with Gasteiger partial charge in [0, 0.05) is 17.7 Å². The van der Waals surface area contributed by atoms with E-state index in [2.05, 4.69) is 19.2 Å². The Kier molecular flexibility index (Phi) is 6.70. The first-order valence-corrected chi connectivity index (χ1v) is 12.0. The number of benzene rings is 3. The van der Waals surface area contributed by atoms with Crippen LogP contribution < -0.4 is 10.2 Å². The molecule has 1 heterocycles. The van der Waals surface area contributed by atoms with Gasteiger partial charge in [-0.15, -0.1) is 0 Å². The molecular formula is C26H25FN2O3S. The number of hydrogen-bond acceptors (Lipinski definition) is 3. The van der Waals surface area contributed by atoms with Crippen LogP contribution in [0.2, 0.25) is 0 Å². The second-order valence-electron chi connectivity index (χ2n) is 8.37. The minimum Gasteiger partial charge on any atom is -0.352 e. The Labute approximate surface area is 195 Å². The fourth-order valence-corrected chi connectivity index (χ4v) is 5.08. The molecular weight excluding hydrogens is 439 g/mol. The standard InChI is InChI=1S/C26H25FN2O3S/c1-17(2)13-14-28-25(30)18-11-12-24-22(15-18)29(16-19-7-3-5-9-21(19)27)26(31)20-8-4-6-10-23(20)33(24)32/h3-12,15,17H,13-14,16H2,1-2H3,(H,28,30)/t33-/m0/s1. The van der Waals surface area contributed by atoms with Gasteiger partial charge in [-0.1, -0.05) is 44.2 Å². The predicted molar refractivity (Wildman–Crippen MR) is 126 cm³/mol. The number of amides is 2. The molecule has 4 rings (SSSR count). The number of anilines is 1. The van der Waals surface area contributed by atoms with E-state index >= 15 is 0 Å². The van der Waals surface area contributed by atoms with Crippen LogP contribution in [0, 0.1) is 11.7 Å². The molecule has 2 amide bonds. The van der Waals surface area contributed by atoms with Gasteiger partial charge in [-0.2, -0.15) is 0 Å². The summed E-state index contributed by atoms with van der Waals surface area (Å²) in [5.74, 6) is -0.650. The van der Waals surface area contributed by atoms with Crippen LogP contribution in [0.1, 0.15) is 46.5 Å². The van der Waals surface area contributed by atoms with Crippen molar-refractivity contribution in [2.75, 3.05) is 11.4 Å². The number of nitrogens with one attached hydrogen (secondary N) is 1. The maximum absolute atomic E-state index is 14.5. The highest BCUT2D eigenvalue weighted by Gasteiger charge is 2.32.